The lowest BCUT2D eigenvalue weighted by Gasteiger charge is -2.05. The van der Waals surface area contributed by atoms with Gasteiger partial charge < -0.3 is 5.32 Å². The summed E-state index contributed by atoms with van der Waals surface area (Å²) in [6.07, 6.45) is 0. The van der Waals surface area contributed by atoms with Gasteiger partial charge in [-0.25, -0.2) is 4.39 Å². The first-order valence-electron chi connectivity index (χ1n) is 3.95. The first-order valence-corrected chi connectivity index (χ1v) is 6.27. The molecule has 0 spiro atoms. The highest BCUT2D eigenvalue weighted by atomic mass is 127. The van der Waals surface area contributed by atoms with Gasteiger partial charge in [0.1, 0.15) is 5.82 Å². The summed E-state index contributed by atoms with van der Waals surface area (Å²) in [5, 5.41) is 3.22. The van der Waals surface area contributed by atoms with Crippen molar-refractivity contribution in [3.05, 3.63) is 34.1 Å². The van der Waals surface area contributed by atoms with Crippen LogP contribution in [0.4, 0.5) is 4.39 Å². The van der Waals surface area contributed by atoms with Crippen molar-refractivity contribution >= 4 is 38.5 Å². The van der Waals surface area contributed by atoms with Crippen LogP contribution in [0.25, 0.3) is 0 Å². The first kappa shape index (κ1) is 11.4. The second-order valence-corrected chi connectivity index (χ2v) is 4.45. The van der Waals surface area contributed by atoms with Crippen molar-refractivity contribution in [3.63, 3.8) is 0 Å². The molecule has 0 heterocycles. The van der Waals surface area contributed by atoms with Crippen molar-refractivity contribution < 1.29 is 4.39 Å². The third-order valence-electron chi connectivity index (χ3n) is 1.62. The lowest BCUT2D eigenvalue weighted by atomic mass is 10.2. The summed E-state index contributed by atoms with van der Waals surface area (Å²) >= 11 is 5.51. The van der Waals surface area contributed by atoms with E-state index < -0.39 is 0 Å². The fourth-order valence-electron chi connectivity index (χ4n) is 0.975. The van der Waals surface area contributed by atoms with E-state index in [1.165, 1.54) is 6.07 Å². The van der Waals surface area contributed by atoms with Crippen LogP contribution in [0.2, 0.25) is 0 Å². The molecular formula is C9H10BrFIN. The molecule has 0 aromatic heterocycles. The zero-order valence-corrected chi connectivity index (χ0v) is 10.7. The van der Waals surface area contributed by atoms with E-state index in [4.69, 9.17) is 0 Å². The van der Waals surface area contributed by atoms with E-state index in [1.54, 1.807) is 6.07 Å². The fraction of sp³-hybridized carbons (Fsp3) is 0.333. The number of benzene rings is 1. The van der Waals surface area contributed by atoms with Gasteiger partial charge in [-0.1, -0.05) is 34.7 Å². The number of rotatable bonds is 4. The highest BCUT2D eigenvalue weighted by molar-refractivity contribution is 14.1. The lowest BCUT2D eigenvalue weighted by Crippen LogP contribution is -2.15. The third kappa shape index (κ3) is 3.52. The fourth-order valence-corrected chi connectivity index (χ4v) is 1.76. The van der Waals surface area contributed by atoms with Gasteiger partial charge in [0, 0.05) is 17.5 Å². The van der Waals surface area contributed by atoms with E-state index >= 15 is 0 Å². The van der Waals surface area contributed by atoms with E-state index in [9.17, 15) is 4.39 Å². The molecule has 1 nitrogen and oxygen atoms in total. The zero-order chi connectivity index (χ0) is 9.68. The predicted octanol–water partition coefficient (Wildman–Crippen LogP) is 3.11. The van der Waals surface area contributed by atoms with Gasteiger partial charge in [-0.15, -0.1) is 0 Å². The molecule has 72 valence electrons. The first-order chi connectivity index (χ1) is 6.25. The molecule has 1 aromatic carbocycles. The smallest absolute Gasteiger partial charge is 0.137 e. The average molecular weight is 358 g/mol. The molecular weight excluding hydrogens is 348 g/mol. The second kappa shape index (κ2) is 5.93. The molecule has 13 heavy (non-hydrogen) atoms. The number of alkyl halides is 1. The van der Waals surface area contributed by atoms with E-state index in [1.807, 2.05) is 6.07 Å². The minimum atomic E-state index is -0.200. The van der Waals surface area contributed by atoms with Gasteiger partial charge in [-0.3, -0.25) is 0 Å². The van der Waals surface area contributed by atoms with Crippen LogP contribution in [0.1, 0.15) is 5.56 Å². The average Bonchev–Trinajstić information content (AvgIpc) is 2.13. The maximum atomic E-state index is 13.0. The van der Waals surface area contributed by atoms with E-state index in [0.29, 0.717) is 11.0 Å². The monoisotopic (exact) mass is 357 g/mol. The normalized spacial score (nSPS) is 10.4. The van der Waals surface area contributed by atoms with E-state index in [-0.39, 0.29) is 5.82 Å². The molecule has 0 saturated carbocycles. The van der Waals surface area contributed by atoms with Crippen LogP contribution in [-0.4, -0.2) is 11.0 Å². The summed E-state index contributed by atoms with van der Waals surface area (Å²) in [4.78, 5) is 0. The van der Waals surface area contributed by atoms with Crippen LogP contribution < -0.4 is 5.32 Å². The molecule has 0 aliphatic rings. The van der Waals surface area contributed by atoms with Crippen molar-refractivity contribution in [2.75, 3.05) is 11.0 Å². The van der Waals surface area contributed by atoms with Crippen LogP contribution in [-0.2, 0) is 6.54 Å². The molecule has 0 aliphatic heterocycles. The van der Waals surface area contributed by atoms with Gasteiger partial charge >= 0.3 is 0 Å². The highest BCUT2D eigenvalue weighted by Crippen LogP contribution is 2.19. The summed E-state index contributed by atoms with van der Waals surface area (Å²) in [5.74, 6) is -0.200. The number of halogens is 3. The molecule has 1 N–H and O–H groups in total. The minimum absolute atomic E-state index is 0.200. The van der Waals surface area contributed by atoms with Crippen molar-refractivity contribution in [1.29, 1.82) is 0 Å². The van der Waals surface area contributed by atoms with Crippen LogP contribution >= 0.6 is 38.5 Å². The molecule has 1 aromatic rings. The SMILES string of the molecule is Fc1cccc(CNCCI)c1Br. The van der Waals surface area contributed by atoms with Gasteiger partial charge in [-0.05, 0) is 27.6 Å². The Balaban J connectivity index is 2.61. The number of nitrogens with one attached hydrogen (secondary N) is 1. The Morgan fingerprint density at radius 2 is 2.23 bits per heavy atom. The van der Waals surface area contributed by atoms with Crippen LogP contribution in [0.15, 0.2) is 22.7 Å². The molecule has 1 rings (SSSR count). The number of hydrogen-bond donors (Lipinski definition) is 1. The molecule has 0 amide bonds. The summed E-state index contributed by atoms with van der Waals surface area (Å²) in [6.45, 7) is 1.66. The molecule has 4 heteroatoms. The molecule has 0 atom stereocenters. The van der Waals surface area contributed by atoms with Gasteiger partial charge in [0.25, 0.3) is 0 Å². The maximum absolute atomic E-state index is 13.0. The largest absolute Gasteiger partial charge is 0.312 e. The predicted molar refractivity (Wildman–Crippen MR) is 64.7 cm³/mol. The lowest BCUT2D eigenvalue weighted by molar-refractivity contribution is 0.614. The highest BCUT2D eigenvalue weighted by Gasteiger charge is 2.03. The standard InChI is InChI=1S/C9H10BrFIN/c10-9-7(6-13-5-4-12)2-1-3-8(9)11/h1-3,13H,4-6H2. The summed E-state index contributed by atoms with van der Waals surface area (Å²) in [5.41, 5.74) is 0.963. The van der Waals surface area contributed by atoms with E-state index in [2.05, 4.69) is 43.8 Å². The Morgan fingerprint density at radius 3 is 2.92 bits per heavy atom. The Bertz CT molecular complexity index is 280. The second-order valence-electron chi connectivity index (χ2n) is 2.58. The Labute approximate surface area is 99.4 Å². The molecule has 0 bridgehead atoms. The van der Waals surface area contributed by atoms with Crippen molar-refractivity contribution in [2.24, 2.45) is 0 Å². The maximum Gasteiger partial charge on any atom is 0.137 e. The molecule has 0 radical (unpaired) electrons. The van der Waals surface area contributed by atoms with E-state index in [0.717, 1.165) is 16.5 Å². The quantitative estimate of drug-likeness (QED) is 0.496. The van der Waals surface area contributed by atoms with Crippen molar-refractivity contribution in [1.82, 2.24) is 5.32 Å². The van der Waals surface area contributed by atoms with Crippen molar-refractivity contribution in [3.8, 4) is 0 Å². The minimum Gasteiger partial charge on any atom is -0.312 e. The molecule has 0 aliphatic carbocycles. The Morgan fingerprint density at radius 1 is 1.46 bits per heavy atom. The molecule has 0 fully saturated rings. The third-order valence-corrected chi connectivity index (χ3v) is 3.05. The van der Waals surface area contributed by atoms with Crippen LogP contribution in [0.3, 0.4) is 0 Å². The topological polar surface area (TPSA) is 12.0 Å². The summed E-state index contributed by atoms with van der Waals surface area (Å²) in [6, 6.07) is 5.08. The van der Waals surface area contributed by atoms with Crippen LogP contribution in [0.5, 0.6) is 0 Å². The Kier molecular flexibility index (Phi) is 5.20. The van der Waals surface area contributed by atoms with Gasteiger partial charge in [0.2, 0.25) is 0 Å². The summed E-state index contributed by atoms with van der Waals surface area (Å²) < 4.78 is 14.6. The summed E-state index contributed by atoms with van der Waals surface area (Å²) in [7, 11) is 0. The molecule has 0 unspecified atom stereocenters. The van der Waals surface area contributed by atoms with Gasteiger partial charge in [0.15, 0.2) is 0 Å². The van der Waals surface area contributed by atoms with Crippen LogP contribution in [0, 0.1) is 5.82 Å². The Hall–Kier alpha value is 0.320. The van der Waals surface area contributed by atoms with Crippen molar-refractivity contribution in [2.45, 2.75) is 6.54 Å². The number of hydrogen-bond acceptors (Lipinski definition) is 1. The van der Waals surface area contributed by atoms with Gasteiger partial charge in [-0.2, -0.15) is 0 Å². The molecule has 0 saturated heterocycles. The van der Waals surface area contributed by atoms with Gasteiger partial charge in [0.05, 0.1) is 4.47 Å². The zero-order valence-electron chi connectivity index (χ0n) is 6.99.